The topological polar surface area (TPSA) is 52.7 Å². The van der Waals surface area contributed by atoms with Gasteiger partial charge in [-0.1, -0.05) is 19.1 Å². The quantitative estimate of drug-likeness (QED) is 0.890. The molecule has 5 nitrogen and oxygen atoms in total. The van der Waals surface area contributed by atoms with Gasteiger partial charge in [0.25, 0.3) is 0 Å². The molecule has 1 aliphatic rings. The molecule has 1 heterocycles. The van der Waals surface area contributed by atoms with Crippen LogP contribution in [-0.4, -0.2) is 57.9 Å². The summed E-state index contributed by atoms with van der Waals surface area (Å²) in [5, 5.41) is 3.22. The lowest BCUT2D eigenvalue weighted by Crippen LogP contribution is -2.47. The number of likely N-dealkylation sites (N-methyl/N-ethyl adjacent to an activating group) is 1. The van der Waals surface area contributed by atoms with E-state index in [9.17, 15) is 8.42 Å². The molecular formula is C15H25N3O2S. The van der Waals surface area contributed by atoms with E-state index in [1.54, 1.807) is 16.4 Å². The van der Waals surface area contributed by atoms with Gasteiger partial charge in [-0.3, -0.25) is 0 Å². The summed E-state index contributed by atoms with van der Waals surface area (Å²) in [4.78, 5) is 2.55. The molecule has 1 fully saturated rings. The molecule has 2 rings (SSSR count). The summed E-state index contributed by atoms with van der Waals surface area (Å²) in [5.74, 6) is 0. The Balaban J connectivity index is 2.26. The summed E-state index contributed by atoms with van der Waals surface area (Å²) in [6, 6.07) is 7.50. The zero-order valence-electron chi connectivity index (χ0n) is 13.0. The second kappa shape index (κ2) is 6.87. The molecule has 0 amide bonds. The van der Waals surface area contributed by atoms with Crippen LogP contribution < -0.4 is 5.32 Å². The first kappa shape index (κ1) is 16.4. The summed E-state index contributed by atoms with van der Waals surface area (Å²) in [6.07, 6.45) is 0.925. The second-order valence-corrected chi connectivity index (χ2v) is 7.47. The van der Waals surface area contributed by atoms with Gasteiger partial charge in [-0.15, -0.1) is 0 Å². The maximum Gasteiger partial charge on any atom is 0.243 e. The number of piperazine rings is 1. The maximum absolute atomic E-state index is 12.7. The van der Waals surface area contributed by atoms with Crippen molar-refractivity contribution in [3.63, 3.8) is 0 Å². The average Bonchev–Trinajstić information content (AvgIpc) is 2.49. The van der Waals surface area contributed by atoms with Crippen LogP contribution in [0.15, 0.2) is 29.2 Å². The molecule has 1 aromatic rings. The molecule has 0 radical (unpaired) electrons. The highest BCUT2D eigenvalue weighted by atomic mass is 32.2. The summed E-state index contributed by atoms with van der Waals surface area (Å²) < 4.78 is 27.1. The summed E-state index contributed by atoms with van der Waals surface area (Å²) >= 11 is 0. The van der Waals surface area contributed by atoms with Gasteiger partial charge in [0, 0.05) is 32.2 Å². The molecule has 1 saturated heterocycles. The molecule has 1 atom stereocenters. The minimum Gasteiger partial charge on any atom is -0.313 e. The van der Waals surface area contributed by atoms with Crippen LogP contribution in [-0.2, 0) is 10.0 Å². The van der Waals surface area contributed by atoms with E-state index in [4.69, 9.17) is 0 Å². The number of hydrogen-bond donors (Lipinski definition) is 1. The fourth-order valence-electron chi connectivity index (χ4n) is 2.68. The fourth-order valence-corrected chi connectivity index (χ4v) is 4.15. The smallest absolute Gasteiger partial charge is 0.243 e. The Bertz CT molecular complexity index is 562. The molecule has 0 saturated carbocycles. The van der Waals surface area contributed by atoms with Crippen molar-refractivity contribution in [3.05, 3.63) is 29.8 Å². The van der Waals surface area contributed by atoms with E-state index in [2.05, 4.69) is 17.1 Å². The predicted molar refractivity (Wildman–Crippen MR) is 84.8 cm³/mol. The number of nitrogens with zero attached hydrogens (tertiary/aromatic N) is 2. The first-order valence-electron chi connectivity index (χ1n) is 7.45. The summed E-state index contributed by atoms with van der Waals surface area (Å²) in [7, 11) is 0.537. The molecule has 0 spiro atoms. The number of benzene rings is 1. The van der Waals surface area contributed by atoms with Crippen LogP contribution in [0.5, 0.6) is 0 Å². The van der Waals surface area contributed by atoms with Gasteiger partial charge < -0.3 is 10.2 Å². The molecule has 6 heteroatoms. The molecule has 118 valence electrons. The van der Waals surface area contributed by atoms with Crippen molar-refractivity contribution in [3.8, 4) is 0 Å². The van der Waals surface area contributed by atoms with Crippen molar-refractivity contribution in [1.29, 1.82) is 0 Å². The molecular weight excluding hydrogens is 286 g/mol. The molecule has 1 unspecified atom stereocenters. The van der Waals surface area contributed by atoms with E-state index in [1.807, 2.05) is 26.2 Å². The van der Waals surface area contributed by atoms with Gasteiger partial charge in [0.1, 0.15) is 0 Å². The van der Waals surface area contributed by atoms with Crippen molar-refractivity contribution in [2.24, 2.45) is 0 Å². The number of rotatable bonds is 5. The van der Waals surface area contributed by atoms with Crippen LogP contribution >= 0.6 is 0 Å². The first-order valence-corrected chi connectivity index (χ1v) is 8.89. The minimum absolute atomic E-state index is 0.188. The van der Waals surface area contributed by atoms with Crippen LogP contribution in [0.25, 0.3) is 0 Å². The van der Waals surface area contributed by atoms with Gasteiger partial charge >= 0.3 is 0 Å². The minimum atomic E-state index is -3.38. The molecule has 0 aromatic heterocycles. The Kier molecular flexibility index (Phi) is 5.37. The Morgan fingerprint density at radius 2 is 1.90 bits per heavy atom. The third kappa shape index (κ3) is 3.63. The Morgan fingerprint density at radius 1 is 1.24 bits per heavy atom. The summed E-state index contributed by atoms with van der Waals surface area (Å²) in [5.41, 5.74) is 1.02. The fraction of sp³-hybridized carbons (Fsp3) is 0.600. The third-order valence-corrected chi connectivity index (χ3v) is 6.01. The third-order valence-electron chi connectivity index (χ3n) is 4.12. The van der Waals surface area contributed by atoms with Gasteiger partial charge in [0.2, 0.25) is 10.0 Å². The lowest BCUT2D eigenvalue weighted by Gasteiger charge is -2.31. The lowest BCUT2D eigenvalue weighted by molar-refractivity contribution is 0.222. The average molecular weight is 311 g/mol. The van der Waals surface area contributed by atoms with Crippen LogP contribution in [0.3, 0.4) is 0 Å². The van der Waals surface area contributed by atoms with Crippen molar-refractivity contribution in [1.82, 2.24) is 14.5 Å². The molecule has 0 aliphatic carbocycles. The van der Waals surface area contributed by atoms with E-state index in [-0.39, 0.29) is 6.04 Å². The van der Waals surface area contributed by atoms with Crippen molar-refractivity contribution < 1.29 is 8.42 Å². The van der Waals surface area contributed by atoms with E-state index >= 15 is 0 Å². The zero-order chi connectivity index (χ0) is 15.5. The van der Waals surface area contributed by atoms with Gasteiger partial charge in [-0.05, 0) is 38.2 Å². The normalized spacial score (nSPS) is 19.6. The van der Waals surface area contributed by atoms with E-state index in [1.165, 1.54) is 0 Å². The van der Waals surface area contributed by atoms with Gasteiger partial charge in [0.05, 0.1) is 4.90 Å². The SMILES string of the molecule is CCC(NC)c1cccc(S(=O)(=O)N2CCN(C)CC2)c1. The largest absolute Gasteiger partial charge is 0.313 e. The maximum atomic E-state index is 12.7. The van der Waals surface area contributed by atoms with E-state index in [0.717, 1.165) is 25.1 Å². The van der Waals surface area contributed by atoms with Crippen molar-refractivity contribution in [2.45, 2.75) is 24.3 Å². The molecule has 1 N–H and O–H groups in total. The zero-order valence-corrected chi connectivity index (χ0v) is 13.9. The Morgan fingerprint density at radius 3 is 2.48 bits per heavy atom. The summed E-state index contributed by atoms with van der Waals surface area (Å²) in [6.45, 7) is 4.78. The highest BCUT2D eigenvalue weighted by Crippen LogP contribution is 2.23. The number of sulfonamides is 1. The van der Waals surface area contributed by atoms with Crippen molar-refractivity contribution >= 4 is 10.0 Å². The molecule has 1 aliphatic heterocycles. The molecule has 0 bridgehead atoms. The van der Waals surface area contributed by atoms with E-state index < -0.39 is 10.0 Å². The monoisotopic (exact) mass is 311 g/mol. The van der Waals surface area contributed by atoms with Gasteiger partial charge in [-0.2, -0.15) is 4.31 Å². The Hall–Kier alpha value is -0.950. The Labute approximate surface area is 128 Å². The van der Waals surface area contributed by atoms with Crippen LogP contribution in [0.1, 0.15) is 24.9 Å². The van der Waals surface area contributed by atoms with Crippen LogP contribution in [0, 0.1) is 0 Å². The van der Waals surface area contributed by atoms with Crippen molar-refractivity contribution in [2.75, 3.05) is 40.3 Å². The van der Waals surface area contributed by atoms with E-state index in [0.29, 0.717) is 18.0 Å². The first-order chi connectivity index (χ1) is 9.98. The highest BCUT2D eigenvalue weighted by Gasteiger charge is 2.27. The standard InChI is InChI=1S/C15H25N3O2S/c1-4-15(16-2)13-6-5-7-14(12-13)21(19,20)18-10-8-17(3)9-11-18/h5-7,12,15-16H,4,8-11H2,1-3H3. The van der Waals surface area contributed by atoms with Gasteiger partial charge in [-0.25, -0.2) is 8.42 Å². The van der Waals surface area contributed by atoms with Crippen LogP contribution in [0.2, 0.25) is 0 Å². The number of hydrogen-bond acceptors (Lipinski definition) is 4. The lowest BCUT2D eigenvalue weighted by atomic mass is 10.1. The second-order valence-electron chi connectivity index (χ2n) is 5.53. The molecule has 21 heavy (non-hydrogen) atoms. The van der Waals surface area contributed by atoms with Crippen LogP contribution in [0.4, 0.5) is 0 Å². The number of nitrogens with one attached hydrogen (secondary N) is 1. The molecule has 1 aromatic carbocycles. The predicted octanol–water partition coefficient (Wildman–Crippen LogP) is 1.29. The van der Waals surface area contributed by atoms with Gasteiger partial charge in [0.15, 0.2) is 0 Å². The highest BCUT2D eigenvalue weighted by molar-refractivity contribution is 7.89.